The molecule has 0 atom stereocenters. The van der Waals surface area contributed by atoms with Crippen molar-refractivity contribution in [3.05, 3.63) is 59.2 Å². The molecule has 84 valence electrons. The van der Waals surface area contributed by atoms with Crippen LogP contribution < -0.4 is 39.4 Å². The van der Waals surface area contributed by atoms with Gasteiger partial charge >= 0.3 is 29.6 Å². The molecule has 0 bridgehead atoms. The third-order valence-electron chi connectivity index (χ3n) is 2.87. The fraction of sp³-hybridized carbons (Fsp3) is 0.0714. The molecule has 0 N–H and O–H groups in total. The Morgan fingerprint density at radius 2 is 1.78 bits per heavy atom. The molecule has 4 heteroatoms. The molecule has 3 nitrogen and oxygen atoms in total. The van der Waals surface area contributed by atoms with Gasteiger partial charge in [0.25, 0.3) is 0 Å². The molecule has 2 aromatic rings. The Morgan fingerprint density at radius 3 is 2.56 bits per heavy atom. The Kier molecular flexibility index (Phi) is 3.76. The normalized spacial score (nSPS) is 11.6. The fourth-order valence-electron chi connectivity index (χ4n) is 2.02. The number of carboxylic acids is 1. The van der Waals surface area contributed by atoms with Crippen LogP contribution in [0.25, 0.3) is 0 Å². The summed E-state index contributed by atoms with van der Waals surface area (Å²) < 4.78 is 5.70. The molecule has 2 aromatic carbocycles. The monoisotopic (exact) mass is 248 g/mol. The van der Waals surface area contributed by atoms with Crippen LogP contribution in [0.5, 0.6) is 11.5 Å². The third-order valence-corrected chi connectivity index (χ3v) is 2.87. The SMILES string of the molecule is O=C([O-])c1ccc2c(c1)Cc1ccccc1O2.[Na+]. The molecule has 1 heterocycles. The van der Waals surface area contributed by atoms with E-state index in [9.17, 15) is 9.90 Å². The third kappa shape index (κ3) is 2.29. The predicted molar refractivity (Wildman–Crippen MR) is 60.1 cm³/mol. The Labute approximate surface area is 127 Å². The zero-order chi connectivity index (χ0) is 11.8. The van der Waals surface area contributed by atoms with Crippen LogP contribution in [-0.2, 0) is 6.42 Å². The first-order valence-electron chi connectivity index (χ1n) is 5.34. The second-order valence-electron chi connectivity index (χ2n) is 4.00. The quantitative estimate of drug-likeness (QED) is 0.506. The summed E-state index contributed by atoms with van der Waals surface area (Å²) in [6.45, 7) is 0. The zero-order valence-corrected chi connectivity index (χ0v) is 12.0. The molecule has 18 heavy (non-hydrogen) atoms. The van der Waals surface area contributed by atoms with E-state index >= 15 is 0 Å². The van der Waals surface area contributed by atoms with Gasteiger partial charge in [0.05, 0.1) is 5.97 Å². The molecule has 1 aliphatic heterocycles. The summed E-state index contributed by atoms with van der Waals surface area (Å²) in [5.41, 5.74) is 2.13. The number of hydrogen-bond acceptors (Lipinski definition) is 3. The molecular formula is C14H9NaO3. The number of carbonyl (C=O) groups is 1. The van der Waals surface area contributed by atoms with Crippen molar-refractivity contribution >= 4 is 5.97 Å². The zero-order valence-electron chi connectivity index (χ0n) is 9.97. The maximum absolute atomic E-state index is 10.8. The standard InChI is InChI=1S/C14H10O3.Na/c15-14(16)10-5-6-13-11(8-10)7-9-3-1-2-4-12(9)17-13;/h1-6,8H,7H2,(H,15,16);/q;+1/p-1. The summed E-state index contributed by atoms with van der Waals surface area (Å²) in [7, 11) is 0. The molecule has 0 amide bonds. The number of carboxylic acid groups (broad SMARTS) is 1. The van der Waals surface area contributed by atoms with E-state index in [-0.39, 0.29) is 35.1 Å². The number of fused-ring (bicyclic) bond motifs is 2. The number of hydrogen-bond donors (Lipinski definition) is 0. The topological polar surface area (TPSA) is 49.4 Å². The number of rotatable bonds is 1. The van der Waals surface area contributed by atoms with Crippen molar-refractivity contribution in [1.82, 2.24) is 0 Å². The van der Waals surface area contributed by atoms with Gasteiger partial charge in [0.1, 0.15) is 11.5 Å². The largest absolute Gasteiger partial charge is 1.00 e. The van der Waals surface area contributed by atoms with Crippen molar-refractivity contribution in [3.63, 3.8) is 0 Å². The van der Waals surface area contributed by atoms with Gasteiger partial charge in [-0.15, -0.1) is 0 Å². The van der Waals surface area contributed by atoms with Gasteiger partial charge in [0.15, 0.2) is 0 Å². The predicted octanol–water partition coefficient (Wildman–Crippen LogP) is -1.25. The summed E-state index contributed by atoms with van der Waals surface area (Å²) in [5.74, 6) is 0.390. The molecular weight excluding hydrogens is 239 g/mol. The summed E-state index contributed by atoms with van der Waals surface area (Å²) in [5, 5.41) is 10.8. The van der Waals surface area contributed by atoms with Crippen molar-refractivity contribution in [2.24, 2.45) is 0 Å². The molecule has 0 fully saturated rings. The van der Waals surface area contributed by atoms with Crippen LogP contribution in [0.15, 0.2) is 42.5 Å². The van der Waals surface area contributed by atoms with Crippen LogP contribution in [0, 0.1) is 0 Å². The number of benzene rings is 2. The molecule has 1 aliphatic rings. The first-order chi connectivity index (χ1) is 8.24. The summed E-state index contributed by atoms with van der Waals surface area (Å²) in [4.78, 5) is 10.8. The maximum atomic E-state index is 10.8. The van der Waals surface area contributed by atoms with Crippen LogP contribution in [0.4, 0.5) is 0 Å². The average molecular weight is 248 g/mol. The van der Waals surface area contributed by atoms with Gasteiger partial charge in [0.2, 0.25) is 0 Å². The van der Waals surface area contributed by atoms with Gasteiger partial charge in [-0.25, -0.2) is 0 Å². The van der Waals surface area contributed by atoms with E-state index in [1.54, 1.807) is 12.1 Å². The minimum absolute atomic E-state index is 0. The maximum Gasteiger partial charge on any atom is 1.00 e. The van der Waals surface area contributed by atoms with Gasteiger partial charge in [-0.1, -0.05) is 18.2 Å². The fourth-order valence-corrected chi connectivity index (χ4v) is 2.02. The van der Waals surface area contributed by atoms with Crippen LogP contribution in [0.2, 0.25) is 0 Å². The Hall–Kier alpha value is -1.29. The molecule has 0 saturated carbocycles. The van der Waals surface area contributed by atoms with Crippen LogP contribution in [-0.4, -0.2) is 5.97 Å². The number of para-hydroxylation sites is 1. The smallest absolute Gasteiger partial charge is 0.545 e. The number of aromatic carboxylic acids is 1. The second-order valence-corrected chi connectivity index (χ2v) is 4.00. The summed E-state index contributed by atoms with van der Waals surface area (Å²) in [6, 6.07) is 12.5. The van der Waals surface area contributed by atoms with Crippen molar-refractivity contribution in [2.75, 3.05) is 0 Å². The number of ether oxygens (including phenoxy) is 1. The van der Waals surface area contributed by atoms with E-state index in [1.807, 2.05) is 24.3 Å². The van der Waals surface area contributed by atoms with E-state index in [0.29, 0.717) is 12.2 Å². The molecule has 0 aliphatic carbocycles. The van der Waals surface area contributed by atoms with Gasteiger partial charge in [-0.3, -0.25) is 0 Å². The van der Waals surface area contributed by atoms with Crippen LogP contribution >= 0.6 is 0 Å². The van der Waals surface area contributed by atoms with Crippen LogP contribution in [0.1, 0.15) is 21.5 Å². The van der Waals surface area contributed by atoms with E-state index in [4.69, 9.17) is 4.74 Å². The van der Waals surface area contributed by atoms with Crippen molar-refractivity contribution in [1.29, 1.82) is 0 Å². The Balaban J connectivity index is 0.00000120. The van der Waals surface area contributed by atoms with Crippen molar-refractivity contribution in [2.45, 2.75) is 6.42 Å². The van der Waals surface area contributed by atoms with Crippen LogP contribution in [0.3, 0.4) is 0 Å². The molecule has 0 saturated heterocycles. The Morgan fingerprint density at radius 1 is 1.06 bits per heavy atom. The molecule has 0 unspecified atom stereocenters. The van der Waals surface area contributed by atoms with E-state index in [1.165, 1.54) is 6.07 Å². The molecule has 0 spiro atoms. The van der Waals surface area contributed by atoms with Crippen molar-refractivity contribution in [3.8, 4) is 11.5 Å². The van der Waals surface area contributed by atoms with E-state index in [2.05, 4.69) is 0 Å². The first-order valence-corrected chi connectivity index (χ1v) is 5.34. The van der Waals surface area contributed by atoms with Gasteiger partial charge in [0, 0.05) is 6.42 Å². The van der Waals surface area contributed by atoms with Gasteiger partial charge < -0.3 is 14.6 Å². The van der Waals surface area contributed by atoms with Gasteiger partial charge in [-0.2, -0.15) is 0 Å². The van der Waals surface area contributed by atoms with E-state index in [0.717, 1.165) is 16.9 Å². The minimum Gasteiger partial charge on any atom is -0.545 e. The minimum atomic E-state index is -1.16. The van der Waals surface area contributed by atoms with Gasteiger partial charge in [-0.05, 0) is 41.0 Å². The summed E-state index contributed by atoms with van der Waals surface area (Å²) >= 11 is 0. The van der Waals surface area contributed by atoms with Crippen molar-refractivity contribution < 1.29 is 44.2 Å². The second kappa shape index (κ2) is 5.14. The summed E-state index contributed by atoms with van der Waals surface area (Å²) in [6.07, 6.45) is 0.687. The molecule has 0 aromatic heterocycles. The average Bonchev–Trinajstić information content (AvgIpc) is 2.35. The molecule has 3 rings (SSSR count). The molecule has 0 radical (unpaired) electrons. The van der Waals surface area contributed by atoms with E-state index < -0.39 is 5.97 Å². The first kappa shape index (κ1) is 13.1. The Bertz CT molecular complexity index is 608. The number of carbonyl (C=O) groups excluding carboxylic acids is 1.